The Kier molecular flexibility index (Phi) is 5.07. The van der Waals surface area contributed by atoms with Gasteiger partial charge in [-0.05, 0) is 17.7 Å². The number of carboxylic acid groups (broad SMARTS) is 1. The molecule has 2 N–H and O–H groups in total. The van der Waals surface area contributed by atoms with Crippen LogP contribution < -0.4 is 5.32 Å². The third-order valence-electron chi connectivity index (χ3n) is 3.60. The van der Waals surface area contributed by atoms with E-state index in [9.17, 15) is 22.8 Å². The van der Waals surface area contributed by atoms with Gasteiger partial charge in [-0.2, -0.15) is 18.3 Å². The van der Waals surface area contributed by atoms with Gasteiger partial charge in [0.2, 0.25) is 0 Å². The maximum Gasteiger partial charge on any atom is 0.416 e. The van der Waals surface area contributed by atoms with E-state index in [1.807, 2.05) is 0 Å². The van der Waals surface area contributed by atoms with E-state index in [0.717, 1.165) is 18.3 Å². The highest BCUT2D eigenvalue weighted by atomic mass is 19.4. The zero-order valence-corrected chi connectivity index (χ0v) is 14.0. The van der Waals surface area contributed by atoms with E-state index in [2.05, 4.69) is 20.4 Å². The molecule has 11 heteroatoms. The standard InChI is InChI=1S/C17H12F3N5O3/c18-17(19,20)11-3-1-2-10(8-11)9-25-7-4-12(24-25)23-15(26)13-14(16(27)28)22-6-5-21-13/h1-8H,9H2,(H,27,28)(H,23,24,26). The van der Waals surface area contributed by atoms with Crippen LogP contribution in [0.1, 0.15) is 32.1 Å². The van der Waals surface area contributed by atoms with E-state index in [0.29, 0.717) is 5.56 Å². The first-order valence-electron chi connectivity index (χ1n) is 7.79. The number of alkyl halides is 3. The molecule has 0 atom stereocenters. The topological polar surface area (TPSA) is 110 Å². The highest BCUT2D eigenvalue weighted by molar-refractivity contribution is 6.08. The zero-order chi connectivity index (χ0) is 20.3. The third-order valence-corrected chi connectivity index (χ3v) is 3.60. The number of aromatic carboxylic acids is 1. The number of nitrogens with zero attached hydrogens (tertiary/aromatic N) is 4. The lowest BCUT2D eigenvalue weighted by molar-refractivity contribution is -0.137. The van der Waals surface area contributed by atoms with Crippen molar-refractivity contribution in [1.82, 2.24) is 19.7 Å². The van der Waals surface area contributed by atoms with Crippen molar-refractivity contribution in [2.24, 2.45) is 0 Å². The fourth-order valence-corrected chi connectivity index (χ4v) is 2.39. The Morgan fingerprint density at radius 3 is 2.50 bits per heavy atom. The first-order chi connectivity index (χ1) is 13.2. The molecule has 0 unspecified atom stereocenters. The molecule has 0 aliphatic carbocycles. The van der Waals surface area contributed by atoms with Crippen LogP contribution in [0, 0.1) is 0 Å². The predicted octanol–water partition coefficient (Wildman–Crippen LogP) is 2.69. The van der Waals surface area contributed by atoms with Gasteiger partial charge < -0.3 is 10.4 Å². The number of nitrogens with one attached hydrogen (secondary N) is 1. The fourth-order valence-electron chi connectivity index (χ4n) is 2.39. The van der Waals surface area contributed by atoms with Crippen LogP contribution in [0.2, 0.25) is 0 Å². The van der Waals surface area contributed by atoms with Gasteiger partial charge in [-0.15, -0.1) is 0 Å². The molecule has 0 radical (unpaired) electrons. The highest BCUT2D eigenvalue weighted by Gasteiger charge is 2.30. The molecule has 1 aromatic carbocycles. The first-order valence-corrected chi connectivity index (χ1v) is 7.79. The molecule has 0 saturated carbocycles. The largest absolute Gasteiger partial charge is 0.476 e. The molecule has 8 nitrogen and oxygen atoms in total. The summed E-state index contributed by atoms with van der Waals surface area (Å²) in [6, 6.07) is 6.22. The van der Waals surface area contributed by atoms with E-state index in [4.69, 9.17) is 5.11 Å². The molecular formula is C17H12F3N5O3. The van der Waals surface area contributed by atoms with E-state index in [1.165, 1.54) is 35.3 Å². The van der Waals surface area contributed by atoms with Gasteiger partial charge in [0.05, 0.1) is 12.1 Å². The smallest absolute Gasteiger partial charge is 0.416 e. The Morgan fingerprint density at radius 2 is 1.82 bits per heavy atom. The van der Waals surface area contributed by atoms with Gasteiger partial charge in [-0.25, -0.2) is 14.8 Å². The van der Waals surface area contributed by atoms with Gasteiger partial charge >= 0.3 is 12.1 Å². The number of carbonyl (C=O) groups excluding carboxylic acids is 1. The van der Waals surface area contributed by atoms with Crippen molar-refractivity contribution < 1.29 is 27.9 Å². The highest BCUT2D eigenvalue weighted by Crippen LogP contribution is 2.29. The maximum atomic E-state index is 12.8. The second-order valence-corrected chi connectivity index (χ2v) is 5.61. The van der Waals surface area contributed by atoms with Crippen LogP contribution in [0.3, 0.4) is 0 Å². The molecule has 0 saturated heterocycles. The number of benzene rings is 1. The number of amides is 1. The monoisotopic (exact) mass is 391 g/mol. The lowest BCUT2D eigenvalue weighted by atomic mass is 10.1. The SMILES string of the molecule is O=C(O)c1nccnc1C(=O)Nc1ccn(Cc2cccc(C(F)(F)F)c2)n1. The van der Waals surface area contributed by atoms with E-state index >= 15 is 0 Å². The quantitative estimate of drug-likeness (QED) is 0.692. The van der Waals surface area contributed by atoms with Gasteiger partial charge in [-0.3, -0.25) is 9.48 Å². The summed E-state index contributed by atoms with van der Waals surface area (Å²) >= 11 is 0. The summed E-state index contributed by atoms with van der Waals surface area (Å²) in [5.74, 6) is -2.15. The average Bonchev–Trinajstić information content (AvgIpc) is 3.08. The Balaban J connectivity index is 1.73. The van der Waals surface area contributed by atoms with Gasteiger partial charge in [0, 0.05) is 24.7 Å². The van der Waals surface area contributed by atoms with Gasteiger partial charge in [0.25, 0.3) is 5.91 Å². The Bertz CT molecular complexity index is 1030. The Hall–Kier alpha value is -3.76. The number of hydrogen-bond acceptors (Lipinski definition) is 5. The lowest BCUT2D eigenvalue weighted by Gasteiger charge is -2.09. The van der Waals surface area contributed by atoms with Crippen molar-refractivity contribution in [3.63, 3.8) is 0 Å². The van der Waals surface area contributed by atoms with Crippen LogP contribution in [0.15, 0.2) is 48.9 Å². The molecular weight excluding hydrogens is 379 g/mol. The lowest BCUT2D eigenvalue weighted by Crippen LogP contribution is -2.19. The number of aromatic nitrogens is 4. The van der Waals surface area contributed by atoms with Gasteiger partial charge in [-0.1, -0.05) is 12.1 Å². The summed E-state index contributed by atoms with van der Waals surface area (Å²) in [5, 5.41) is 15.5. The maximum absolute atomic E-state index is 12.8. The summed E-state index contributed by atoms with van der Waals surface area (Å²) in [6.45, 7) is 0.0469. The molecule has 2 aromatic heterocycles. The van der Waals surface area contributed by atoms with Crippen LogP contribution in [-0.4, -0.2) is 36.7 Å². The third kappa shape index (κ3) is 4.31. The normalized spacial score (nSPS) is 11.2. The van der Waals surface area contributed by atoms with Crippen LogP contribution >= 0.6 is 0 Å². The number of rotatable bonds is 5. The van der Waals surface area contributed by atoms with Crippen molar-refractivity contribution in [3.05, 3.63) is 71.4 Å². The second-order valence-electron chi connectivity index (χ2n) is 5.61. The molecule has 0 aliphatic rings. The van der Waals surface area contributed by atoms with Crippen LogP contribution in [0.5, 0.6) is 0 Å². The molecule has 3 aromatic rings. The van der Waals surface area contributed by atoms with Crippen molar-refractivity contribution in [1.29, 1.82) is 0 Å². The molecule has 1 amide bonds. The molecule has 0 bridgehead atoms. The predicted molar refractivity (Wildman–Crippen MR) is 89.7 cm³/mol. The summed E-state index contributed by atoms with van der Waals surface area (Å²) in [4.78, 5) is 30.6. The summed E-state index contributed by atoms with van der Waals surface area (Å²) in [7, 11) is 0. The molecule has 3 rings (SSSR count). The number of carbonyl (C=O) groups is 2. The number of halogens is 3. The molecule has 2 heterocycles. The van der Waals surface area contributed by atoms with E-state index in [-0.39, 0.29) is 18.1 Å². The first kappa shape index (κ1) is 19.0. The van der Waals surface area contributed by atoms with E-state index < -0.39 is 29.3 Å². The minimum atomic E-state index is -4.45. The molecule has 0 spiro atoms. The number of hydrogen-bond donors (Lipinski definition) is 2. The minimum Gasteiger partial charge on any atom is -0.476 e. The molecule has 28 heavy (non-hydrogen) atoms. The number of anilines is 1. The second kappa shape index (κ2) is 7.47. The van der Waals surface area contributed by atoms with Crippen molar-refractivity contribution >= 4 is 17.7 Å². The minimum absolute atomic E-state index is 0.0469. The van der Waals surface area contributed by atoms with Crippen LogP contribution in [0.25, 0.3) is 0 Å². The van der Waals surface area contributed by atoms with Gasteiger partial charge in [0.15, 0.2) is 17.2 Å². The summed E-state index contributed by atoms with van der Waals surface area (Å²) < 4.78 is 39.7. The molecule has 0 fully saturated rings. The Morgan fingerprint density at radius 1 is 1.11 bits per heavy atom. The van der Waals surface area contributed by atoms with Crippen LogP contribution in [-0.2, 0) is 12.7 Å². The zero-order valence-electron chi connectivity index (χ0n) is 14.0. The number of carboxylic acids is 1. The van der Waals surface area contributed by atoms with E-state index in [1.54, 1.807) is 0 Å². The molecule has 144 valence electrons. The summed E-state index contributed by atoms with van der Waals surface area (Å²) in [6.07, 6.45) is -0.667. The average molecular weight is 391 g/mol. The van der Waals surface area contributed by atoms with Crippen molar-refractivity contribution in [3.8, 4) is 0 Å². The van der Waals surface area contributed by atoms with Crippen LogP contribution in [0.4, 0.5) is 19.0 Å². The fraction of sp³-hybridized carbons (Fsp3) is 0.118. The van der Waals surface area contributed by atoms with Crippen molar-refractivity contribution in [2.45, 2.75) is 12.7 Å². The van der Waals surface area contributed by atoms with Crippen molar-refractivity contribution in [2.75, 3.05) is 5.32 Å². The molecule has 0 aliphatic heterocycles. The van der Waals surface area contributed by atoms with Gasteiger partial charge in [0.1, 0.15) is 0 Å². The Labute approximate surface area is 155 Å². The summed E-state index contributed by atoms with van der Waals surface area (Å²) in [5.41, 5.74) is -1.29.